The minimum atomic E-state index is -0.517. The number of ether oxygens (including phenoxy) is 2. The van der Waals surface area contributed by atoms with E-state index in [0.29, 0.717) is 11.5 Å². The van der Waals surface area contributed by atoms with Crippen LogP contribution in [0, 0.1) is 5.82 Å². The lowest BCUT2D eigenvalue weighted by Crippen LogP contribution is -2.12. The average Bonchev–Trinajstić information content (AvgIpc) is 2.41. The third kappa shape index (κ3) is 3.27. The molecule has 112 valence electrons. The molecule has 2 aromatic carbocycles. The fourth-order valence-corrected chi connectivity index (χ4v) is 2.10. The SMILES string of the molecule is COc1cc(Oc2ccccc2C(C)(C)C)c(F)cc1N. The molecule has 2 aromatic rings. The van der Waals surface area contributed by atoms with Crippen LogP contribution < -0.4 is 15.2 Å². The van der Waals surface area contributed by atoms with E-state index in [1.165, 1.54) is 19.2 Å². The minimum absolute atomic E-state index is 0.0951. The second-order valence-electron chi connectivity index (χ2n) is 5.87. The predicted molar refractivity (Wildman–Crippen MR) is 82.6 cm³/mol. The van der Waals surface area contributed by atoms with Crippen LogP contribution in [0.5, 0.6) is 17.2 Å². The smallest absolute Gasteiger partial charge is 0.168 e. The molecule has 0 aromatic heterocycles. The summed E-state index contributed by atoms with van der Waals surface area (Å²) in [5.74, 6) is 0.588. The van der Waals surface area contributed by atoms with Crippen LogP contribution in [0.3, 0.4) is 0 Å². The normalized spacial score (nSPS) is 11.3. The number of methoxy groups -OCH3 is 1. The highest BCUT2D eigenvalue weighted by Crippen LogP contribution is 2.37. The summed E-state index contributed by atoms with van der Waals surface area (Å²) in [7, 11) is 1.48. The van der Waals surface area contributed by atoms with Gasteiger partial charge in [-0.1, -0.05) is 39.0 Å². The first-order valence-corrected chi connectivity index (χ1v) is 6.73. The van der Waals surface area contributed by atoms with E-state index in [2.05, 4.69) is 20.8 Å². The van der Waals surface area contributed by atoms with Gasteiger partial charge in [-0.15, -0.1) is 0 Å². The maximum Gasteiger partial charge on any atom is 0.168 e. The van der Waals surface area contributed by atoms with Crippen molar-refractivity contribution in [1.82, 2.24) is 0 Å². The van der Waals surface area contributed by atoms with E-state index in [0.717, 1.165) is 5.56 Å². The van der Waals surface area contributed by atoms with Crippen molar-refractivity contribution >= 4 is 5.69 Å². The van der Waals surface area contributed by atoms with Crippen LogP contribution in [0.25, 0.3) is 0 Å². The average molecular weight is 289 g/mol. The van der Waals surface area contributed by atoms with Crippen molar-refractivity contribution in [2.24, 2.45) is 0 Å². The highest BCUT2D eigenvalue weighted by atomic mass is 19.1. The fourth-order valence-electron chi connectivity index (χ4n) is 2.10. The van der Waals surface area contributed by atoms with E-state index >= 15 is 0 Å². The van der Waals surface area contributed by atoms with Crippen LogP contribution in [0.15, 0.2) is 36.4 Å². The van der Waals surface area contributed by atoms with Gasteiger partial charge in [0.1, 0.15) is 11.5 Å². The Labute approximate surface area is 124 Å². The molecule has 2 N–H and O–H groups in total. The molecule has 0 saturated heterocycles. The number of hydrogen-bond acceptors (Lipinski definition) is 3. The Hall–Kier alpha value is -2.23. The van der Waals surface area contributed by atoms with Gasteiger partial charge in [-0.2, -0.15) is 0 Å². The van der Waals surface area contributed by atoms with Crippen molar-refractivity contribution in [1.29, 1.82) is 0 Å². The molecule has 0 heterocycles. The number of halogens is 1. The predicted octanol–water partition coefficient (Wildman–Crippen LogP) is 4.51. The van der Waals surface area contributed by atoms with Gasteiger partial charge in [-0.3, -0.25) is 0 Å². The zero-order chi connectivity index (χ0) is 15.6. The van der Waals surface area contributed by atoms with E-state index in [9.17, 15) is 4.39 Å². The molecule has 2 rings (SSSR count). The van der Waals surface area contributed by atoms with E-state index in [1.807, 2.05) is 24.3 Å². The van der Waals surface area contributed by atoms with Crippen LogP contribution >= 0.6 is 0 Å². The molecule has 4 heteroatoms. The number of nitrogens with two attached hydrogens (primary N) is 1. The van der Waals surface area contributed by atoms with Crippen molar-refractivity contribution in [2.45, 2.75) is 26.2 Å². The molecule has 0 aliphatic carbocycles. The maximum atomic E-state index is 14.0. The van der Waals surface area contributed by atoms with Crippen LogP contribution in [-0.2, 0) is 5.41 Å². The molecule has 0 spiro atoms. The Morgan fingerprint density at radius 2 is 1.67 bits per heavy atom. The van der Waals surface area contributed by atoms with E-state index in [-0.39, 0.29) is 16.9 Å². The monoisotopic (exact) mass is 289 g/mol. The van der Waals surface area contributed by atoms with Crippen molar-refractivity contribution < 1.29 is 13.9 Å². The maximum absolute atomic E-state index is 14.0. The highest BCUT2D eigenvalue weighted by molar-refractivity contribution is 5.57. The molecular formula is C17H20FNO2. The molecule has 0 amide bonds. The first-order chi connectivity index (χ1) is 9.82. The number of anilines is 1. The third-order valence-electron chi connectivity index (χ3n) is 3.20. The van der Waals surface area contributed by atoms with Gasteiger partial charge in [0.15, 0.2) is 11.6 Å². The van der Waals surface area contributed by atoms with Crippen LogP contribution in [0.4, 0.5) is 10.1 Å². The first kappa shape index (κ1) is 15.2. The van der Waals surface area contributed by atoms with Crippen molar-refractivity contribution in [3.8, 4) is 17.2 Å². The van der Waals surface area contributed by atoms with Gasteiger partial charge in [0.05, 0.1) is 12.8 Å². The third-order valence-corrected chi connectivity index (χ3v) is 3.20. The Bertz CT molecular complexity index is 648. The summed E-state index contributed by atoms with van der Waals surface area (Å²) >= 11 is 0. The fraction of sp³-hybridized carbons (Fsp3) is 0.294. The largest absolute Gasteiger partial charge is 0.494 e. The molecule has 0 unspecified atom stereocenters. The lowest BCUT2D eigenvalue weighted by atomic mass is 9.86. The summed E-state index contributed by atoms with van der Waals surface area (Å²) in [5.41, 5.74) is 6.81. The number of para-hydroxylation sites is 1. The van der Waals surface area contributed by atoms with Gasteiger partial charge in [0.25, 0.3) is 0 Å². The summed E-state index contributed by atoms with van der Waals surface area (Å²) in [6, 6.07) is 10.3. The Morgan fingerprint density at radius 1 is 1.00 bits per heavy atom. The van der Waals surface area contributed by atoms with Crippen LogP contribution in [-0.4, -0.2) is 7.11 Å². The second kappa shape index (κ2) is 5.64. The van der Waals surface area contributed by atoms with Crippen molar-refractivity contribution in [3.05, 3.63) is 47.8 Å². The zero-order valence-electron chi connectivity index (χ0n) is 12.7. The summed E-state index contributed by atoms with van der Waals surface area (Å²) in [5, 5.41) is 0. The standard InChI is InChI=1S/C17H20FNO2/c1-17(2,3)11-7-5-6-8-14(11)21-15-10-16(20-4)13(19)9-12(15)18/h5-10H,19H2,1-4H3. The Morgan fingerprint density at radius 3 is 2.29 bits per heavy atom. The summed E-state index contributed by atoms with van der Waals surface area (Å²) < 4.78 is 24.9. The van der Waals surface area contributed by atoms with Gasteiger partial charge >= 0.3 is 0 Å². The molecule has 3 nitrogen and oxygen atoms in total. The van der Waals surface area contributed by atoms with Crippen LogP contribution in [0.2, 0.25) is 0 Å². The van der Waals surface area contributed by atoms with Gasteiger partial charge in [-0.05, 0) is 11.5 Å². The van der Waals surface area contributed by atoms with Crippen molar-refractivity contribution in [3.63, 3.8) is 0 Å². The molecular weight excluding hydrogens is 269 g/mol. The first-order valence-electron chi connectivity index (χ1n) is 6.73. The highest BCUT2D eigenvalue weighted by Gasteiger charge is 2.20. The summed E-state index contributed by atoms with van der Waals surface area (Å²) in [6.45, 7) is 6.24. The topological polar surface area (TPSA) is 44.5 Å². The number of hydrogen-bond donors (Lipinski definition) is 1. The number of benzene rings is 2. The molecule has 0 saturated carbocycles. The Balaban J connectivity index is 2.44. The van der Waals surface area contributed by atoms with Gasteiger partial charge in [0.2, 0.25) is 0 Å². The van der Waals surface area contributed by atoms with E-state index in [1.54, 1.807) is 0 Å². The summed E-state index contributed by atoms with van der Waals surface area (Å²) in [6.07, 6.45) is 0. The van der Waals surface area contributed by atoms with Crippen LogP contribution in [0.1, 0.15) is 26.3 Å². The summed E-state index contributed by atoms with van der Waals surface area (Å²) in [4.78, 5) is 0. The minimum Gasteiger partial charge on any atom is -0.494 e. The number of nitrogen functional groups attached to an aromatic ring is 1. The van der Waals surface area contributed by atoms with Gasteiger partial charge in [0, 0.05) is 17.7 Å². The molecule has 0 aliphatic heterocycles. The van der Waals surface area contributed by atoms with Crippen molar-refractivity contribution in [2.75, 3.05) is 12.8 Å². The van der Waals surface area contributed by atoms with E-state index < -0.39 is 5.82 Å². The van der Waals surface area contributed by atoms with Gasteiger partial charge in [-0.25, -0.2) is 4.39 Å². The lowest BCUT2D eigenvalue weighted by molar-refractivity contribution is 0.398. The second-order valence-corrected chi connectivity index (χ2v) is 5.87. The molecule has 0 aliphatic rings. The molecule has 0 atom stereocenters. The number of rotatable bonds is 3. The van der Waals surface area contributed by atoms with Gasteiger partial charge < -0.3 is 15.2 Å². The molecule has 21 heavy (non-hydrogen) atoms. The quantitative estimate of drug-likeness (QED) is 0.846. The lowest BCUT2D eigenvalue weighted by Gasteiger charge is -2.22. The molecule has 0 bridgehead atoms. The molecule has 0 fully saturated rings. The molecule has 0 radical (unpaired) electrons. The van der Waals surface area contributed by atoms with E-state index in [4.69, 9.17) is 15.2 Å². The Kier molecular flexibility index (Phi) is 4.07. The zero-order valence-corrected chi connectivity index (χ0v) is 12.7.